The molecule has 0 unspecified atom stereocenters. The van der Waals surface area contributed by atoms with Crippen LogP contribution in [0.5, 0.6) is 0 Å². The summed E-state index contributed by atoms with van der Waals surface area (Å²) in [5.74, 6) is 0.844. The summed E-state index contributed by atoms with van der Waals surface area (Å²) in [5, 5.41) is 10.8. The fourth-order valence-electron chi connectivity index (χ4n) is 1.91. The van der Waals surface area contributed by atoms with Gasteiger partial charge in [-0.1, -0.05) is 6.92 Å². The molecule has 1 aliphatic heterocycles. The zero-order valence-corrected chi connectivity index (χ0v) is 14.7. The van der Waals surface area contributed by atoms with Crippen molar-refractivity contribution in [3.05, 3.63) is 18.0 Å². The molecule has 0 amide bonds. The molecule has 6 nitrogen and oxygen atoms in total. The van der Waals surface area contributed by atoms with E-state index in [9.17, 15) is 0 Å². The zero-order chi connectivity index (χ0) is 13.7. The van der Waals surface area contributed by atoms with E-state index in [1.54, 1.807) is 6.20 Å². The molecule has 2 rings (SSSR count). The number of hydrogen-bond acceptors (Lipinski definition) is 3. The number of aryl methyl sites for hydroxylation is 1. The Hall–Kier alpha value is -0.830. The lowest BCUT2D eigenvalue weighted by atomic mass is 9.89. The first-order valence-corrected chi connectivity index (χ1v) is 6.70. The zero-order valence-electron chi connectivity index (χ0n) is 12.3. The third-order valence-electron chi connectivity index (χ3n) is 3.25. The van der Waals surface area contributed by atoms with Gasteiger partial charge >= 0.3 is 0 Å². The van der Waals surface area contributed by atoms with Crippen molar-refractivity contribution >= 4 is 29.9 Å². The second-order valence-corrected chi connectivity index (χ2v) is 5.30. The normalized spacial score (nSPS) is 17.1. The summed E-state index contributed by atoms with van der Waals surface area (Å²) >= 11 is 0. The highest BCUT2D eigenvalue weighted by Gasteiger charge is 2.33. The number of nitrogens with zero attached hydrogens (tertiary/aromatic N) is 3. The molecular formula is C13H24IN5O. The summed E-state index contributed by atoms with van der Waals surface area (Å²) in [6, 6.07) is 1.98. The Kier molecular flexibility index (Phi) is 6.74. The van der Waals surface area contributed by atoms with Crippen molar-refractivity contribution < 1.29 is 4.74 Å². The highest BCUT2D eigenvalue weighted by Crippen LogP contribution is 2.24. The molecular weight excluding hydrogens is 369 g/mol. The van der Waals surface area contributed by atoms with Crippen LogP contribution >= 0.6 is 24.0 Å². The van der Waals surface area contributed by atoms with Crippen LogP contribution in [0, 0.1) is 5.41 Å². The van der Waals surface area contributed by atoms with Crippen molar-refractivity contribution in [2.75, 3.05) is 26.3 Å². The quantitative estimate of drug-likeness (QED) is 0.447. The Morgan fingerprint density at radius 1 is 1.50 bits per heavy atom. The maximum Gasteiger partial charge on any atom is 0.191 e. The number of nitrogens with one attached hydrogen (secondary N) is 2. The first-order chi connectivity index (χ1) is 9.13. The van der Waals surface area contributed by atoms with Gasteiger partial charge in [-0.3, -0.25) is 4.68 Å². The number of hydrogen-bond donors (Lipinski definition) is 2. The Morgan fingerprint density at radius 2 is 2.25 bits per heavy atom. The van der Waals surface area contributed by atoms with E-state index in [1.165, 1.54) is 0 Å². The molecule has 1 saturated heterocycles. The van der Waals surface area contributed by atoms with E-state index in [2.05, 4.69) is 34.6 Å². The molecule has 20 heavy (non-hydrogen) atoms. The molecule has 0 spiro atoms. The number of guanidine groups is 1. The standard InChI is InChI=1S/C13H23N5O.HI/c1-4-14-12(16-8-13(2)9-19-10-13)15-7-11-5-6-17-18(11)3;/h5-6H,4,7-10H2,1-3H3,(H2,14,15,16);1H. The Labute approximate surface area is 137 Å². The molecule has 7 heteroatoms. The van der Waals surface area contributed by atoms with Gasteiger partial charge in [0.25, 0.3) is 0 Å². The molecule has 2 heterocycles. The second kappa shape index (κ2) is 7.82. The van der Waals surface area contributed by atoms with Crippen molar-refractivity contribution in [2.45, 2.75) is 20.4 Å². The van der Waals surface area contributed by atoms with Crippen LogP contribution in [0.1, 0.15) is 19.5 Å². The molecule has 1 fully saturated rings. The van der Waals surface area contributed by atoms with E-state index in [1.807, 2.05) is 17.8 Å². The smallest absolute Gasteiger partial charge is 0.191 e. The van der Waals surface area contributed by atoms with Crippen molar-refractivity contribution in [3.8, 4) is 0 Å². The topological polar surface area (TPSA) is 63.5 Å². The van der Waals surface area contributed by atoms with E-state index >= 15 is 0 Å². The van der Waals surface area contributed by atoms with E-state index < -0.39 is 0 Å². The molecule has 1 aromatic rings. The average molecular weight is 393 g/mol. The van der Waals surface area contributed by atoms with Gasteiger partial charge in [0.15, 0.2) is 5.96 Å². The maximum atomic E-state index is 5.25. The van der Waals surface area contributed by atoms with Gasteiger partial charge in [0.1, 0.15) is 0 Å². The third-order valence-corrected chi connectivity index (χ3v) is 3.25. The highest BCUT2D eigenvalue weighted by atomic mass is 127. The first-order valence-electron chi connectivity index (χ1n) is 6.70. The van der Waals surface area contributed by atoms with E-state index in [4.69, 9.17) is 4.74 Å². The predicted molar refractivity (Wildman–Crippen MR) is 90.4 cm³/mol. The summed E-state index contributed by atoms with van der Waals surface area (Å²) in [5.41, 5.74) is 1.33. The molecule has 2 N–H and O–H groups in total. The molecule has 0 radical (unpaired) electrons. The average Bonchev–Trinajstić information content (AvgIpc) is 2.76. The fraction of sp³-hybridized carbons (Fsp3) is 0.692. The molecule has 1 aliphatic rings. The molecule has 0 saturated carbocycles. The molecule has 1 aromatic heterocycles. The SMILES string of the molecule is CCNC(=NCc1ccnn1C)NCC1(C)COC1.I. The fourth-order valence-corrected chi connectivity index (χ4v) is 1.91. The van der Waals surface area contributed by atoms with E-state index in [0.717, 1.165) is 38.0 Å². The van der Waals surface area contributed by atoms with E-state index in [-0.39, 0.29) is 29.4 Å². The molecule has 0 bridgehead atoms. The minimum absolute atomic E-state index is 0. The van der Waals surface area contributed by atoms with Gasteiger partial charge in [-0.2, -0.15) is 5.10 Å². The maximum absolute atomic E-state index is 5.25. The monoisotopic (exact) mass is 393 g/mol. The summed E-state index contributed by atoms with van der Waals surface area (Å²) in [4.78, 5) is 4.57. The summed E-state index contributed by atoms with van der Waals surface area (Å²) in [6.07, 6.45) is 1.79. The Bertz CT molecular complexity index is 442. The summed E-state index contributed by atoms with van der Waals surface area (Å²) in [7, 11) is 1.93. The van der Waals surface area contributed by atoms with Crippen molar-refractivity contribution in [3.63, 3.8) is 0 Å². The van der Waals surface area contributed by atoms with Crippen LogP contribution in [0.2, 0.25) is 0 Å². The number of aromatic nitrogens is 2. The predicted octanol–water partition coefficient (Wildman–Crippen LogP) is 1.13. The van der Waals surface area contributed by atoms with Gasteiger partial charge in [-0.05, 0) is 13.0 Å². The summed E-state index contributed by atoms with van der Waals surface area (Å²) < 4.78 is 7.09. The Morgan fingerprint density at radius 3 is 2.75 bits per heavy atom. The third kappa shape index (κ3) is 4.62. The van der Waals surface area contributed by atoms with Crippen LogP contribution in [0.15, 0.2) is 17.3 Å². The number of aliphatic imine (C=N–C) groups is 1. The van der Waals surface area contributed by atoms with Gasteiger partial charge < -0.3 is 15.4 Å². The largest absolute Gasteiger partial charge is 0.380 e. The molecule has 0 aromatic carbocycles. The second-order valence-electron chi connectivity index (χ2n) is 5.30. The number of halogens is 1. The number of rotatable bonds is 5. The lowest BCUT2D eigenvalue weighted by molar-refractivity contribution is -0.0971. The van der Waals surface area contributed by atoms with Gasteiger partial charge in [-0.15, -0.1) is 24.0 Å². The molecule has 114 valence electrons. The van der Waals surface area contributed by atoms with Crippen molar-refractivity contribution in [1.29, 1.82) is 0 Å². The summed E-state index contributed by atoms with van der Waals surface area (Å²) in [6.45, 7) is 8.28. The van der Waals surface area contributed by atoms with Crippen molar-refractivity contribution in [2.24, 2.45) is 17.5 Å². The minimum atomic E-state index is 0. The van der Waals surface area contributed by atoms with Gasteiger partial charge in [-0.25, -0.2) is 4.99 Å². The Balaban J connectivity index is 0.00000200. The van der Waals surface area contributed by atoms with Crippen molar-refractivity contribution in [1.82, 2.24) is 20.4 Å². The van der Waals surface area contributed by atoms with Gasteiger partial charge in [0.05, 0.1) is 25.5 Å². The first kappa shape index (κ1) is 17.2. The lowest BCUT2D eigenvalue weighted by Crippen LogP contribution is -2.51. The van der Waals surface area contributed by atoms with Crippen LogP contribution in [-0.2, 0) is 18.3 Å². The highest BCUT2D eigenvalue weighted by molar-refractivity contribution is 14.0. The van der Waals surface area contributed by atoms with Crippen LogP contribution in [0.4, 0.5) is 0 Å². The van der Waals surface area contributed by atoms with Gasteiger partial charge in [0, 0.05) is 31.7 Å². The number of ether oxygens (including phenoxy) is 1. The minimum Gasteiger partial charge on any atom is -0.380 e. The van der Waals surface area contributed by atoms with Crippen LogP contribution < -0.4 is 10.6 Å². The van der Waals surface area contributed by atoms with Crippen LogP contribution in [0.3, 0.4) is 0 Å². The van der Waals surface area contributed by atoms with E-state index in [0.29, 0.717) is 6.54 Å². The van der Waals surface area contributed by atoms with Gasteiger partial charge in [0.2, 0.25) is 0 Å². The molecule has 0 atom stereocenters. The van der Waals surface area contributed by atoms with Crippen LogP contribution in [0.25, 0.3) is 0 Å². The van der Waals surface area contributed by atoms with Crippen LogP contribution in [-0.4, -0.2) is 42.0 Å². The molecule has 0 aliphatic carbocycles. The lowest BCUT2D eigenvalue weighted by Gasteiger charge is -2.38.